The van der Waals surface area contributed by atoms with E-state index in [1.165, 1.54) is 0 Å². The second kappa shape index (κ2) is 3.59. The van der Waals surface area contributed by atoms with Gasteiger partial charge < -0.3 is 0 Å². The minimum absolute atomic E-state index is 1.08. The fraction of sp³-hybridized carbons (Fsp3) is 0.500. The molecule has 0 heterocycles. The average Bonchev–Trinajstić information content (AvgIpc) is 1.61. The molecule has 0 aliphatic rings. The first-order valence-electron chi connectivity index (χ1n) is 2.47. The SMILES string of the molecule is C=[N+](C)/C=C\CC. The zero-order valence-corrected chi connectivity index (χ0v) is 5.02. The summed E-state index contributed by atoms with van der Waals surface area (Å²) in [5, 5.41) is 0. The highest BCUT2D eigenvalue weighted by Crippen LogP contribution is 1.76. The van der Waals surface area contributed by atoms with Crippen LogP contribution in [0.3, 0.4) is 0 Å². The van der Waals surface area contributed by atoms with Crippen LogP contribution in [0.2, 0.25) is 0 Å². The van der Waals surface area contributed by atoms with Crippen LogP contribution < -0.4 is 0 Å². The summed E-state index contributed by atoms with van der Waals surface area (Å²) in [6.07, 6.45) is 5.09. The summed E-state index contributed by atoms with van der Waals surface area (Å²) in [5.41, 5.74) is 0. The lowest BCUT2D eigenvalue weighted by molar-refractivity contribution is -0.412. The smallest absolute Gasteiger partial charge is 0.163 e. The van der Waals surface area contributed by atoms with Gasteiger partial charge in [-0.05, 0) is 12.5 Å². The molecule has 7 heavy (non-hydrogen) atoms. The lowest BCUT2D eigenvalue weighted by Gasteiger charge is -1.76. The predicted octanol–water partition coefficient (Wildman–Crippen LogP) is 1.25. The number of nitrogens with zero attached hydrogens (tertiary/aromatic N) is 1. The number of allylic oxidation sites excluding steroid dienone is 1. The van der Waals surface area contributed by atoms with E-state index in [1.807, 2.05) is 13.2 Å². The zero-order chi connectivity index (χ0) is 5.70. The maximum Gasteiger partial charge on any atom is 0.163 e. The van der Waals surface area contributed by atoms with Crippen molar-refractivity contribution in [2.24, 2.45) is 0 Å². The van der Waals surface area contributed by atoms with E-state index in [-0.39, 0.29) is 0 Å². The van der Waals surface area contributed by atoms with Crippen LogP contribution in [0.15, 0.2) is 12.3 Å². The van der Waals surface area contributed by atoms with Crippen LogP contribution in [0.4, 0.5) is 0 Å². The van der Waals surface area contributed by atoms with Gasteiger partial charge in [0.25, 0.3) is 0 Å². The van der Waals surface area contributed by atoms with Crippen LogP contribution in [0.1, 0.15) is 13.3 Å². The van der Waals surface area contributed by atoms with Gasteiger partial charge in [0.2, 0.25) is 0 Å². The number of rotatable bonds is 2. The first kappa shape index (κ1) is 6.41. The first-order chi connectivity index (χ1) is 3.27. The van der Waals surface area contributed by atoms with E-state index in [4.69, 9.17) is 0 Å². The van der Waals surface area contributed by atoms with Crippen molar-refractivity contribution in [3.63, 3.8) is 0 Å². The van der Waals surface area contributed by atoms with Gasteiger partial charge in [-0.15, -0.1) is 0 Å². The molecule has 1 heteroatoms. The summed E-state index contributed by atoms with van der Waals surface area (Å²) in [6.45, 7) is 5.72. The molecule has 0 atom stereocenters. The van der Waals surface area contributed by atoms with E-state index in [2.05, 4.69) is 19.7 Å². The third kappa shape index (κ3) is 5.41. The lowest BCUT2D eigenvalue weighted by Crippen LogP contribution is -1.86. The summed E-state index contributed by atoms with van der Waals surface area (Å²) in [4.78, 5) is 0. The summed E-state index contributed by atoms with van der Waals surface area (Å²) >= 11 is 0. The van der Waals surface area contributed by atoms with Crippen LogP contribution in [0.5, 0.6) is 0 Å². The Balaban J connectivity index is 3.26. The summed E-state index contributed by atoms with van der Waals surface area (Å²) in [6, 6.07) is 0. The second-order valence-corrected chi connectivity index (χ2v) is 1.55. The summed E-state index contributed by atoms with van der Waals surface area (Å²) in [7, 11) is 1.91. The van der Waals surface area contributed by atoms with Crippen LogP contribution in [-0.4, -0.2) is 18.3 Å². The van der Waals surface area contributed by atoms with Crippen LogP contribution in [0, 0.1) is 0 Å². The predicted molar refractivity (Wildman–Crippen MR) is 32.7 cm³/mol. The molecule has 0 aromatic carbocycles. The van der Waals surface area contributed by atoms with Crippen LogP contribution in [0.25, 0.3) is 0 Å². The fourth-order valence-electron chi connectivity index (χ4n) is 0.285. The molecule has 0 aromatic heterocycles. The molecule has 0 aromatic rings. The van der Waals surface area contributed by atoms with Crippen molar-refractivity contribution in [2.45, 2.75) is 13.3 Å². The van der Waals surface area contributed by atoms with E-state index in [1.54, 1.807) is 4.58 Å². The molecule has 0 amide bonds. The number of hydrogen-bond donors (Lipinski definition) is 0. The van der Waals surface area contributed by atoms with Gasteiger partial charge in [-0.2, -0.15) is 0 Å². The Morgan fingerprint density at radius 1 is 1.71 bits per heavy atom. The van der Waals surface area contributed by atoms with Crippen molar-refractivity contribution in [1.82, 2.24) is 0 Å². The molecule has 0 aliphatic carbocycles. The van der Waals surface area contributed by atoms with Gasteiger partial charge in [-0.1, -0.05) is 6.92 Å². The van der Waals surface area contributed by atoms with Gasteiger partial charge in [0, 0.05) is 0 Å². The monoisotopic (exact) mass is 98.1 g/mol. The fourth-order valence-corrected chi connectivity index (χ4v) is 0.285. The standard InChI is InChI=1S/C6H12N/c1-4-5-6-7(2)3/h5-6H,2,4H2,1,3H3/q+1/b6-5-. The highest BCUT2D eigenvalue weighted by atomic mass is 14.9. The highest BCUT2D eigenvalue weighted by Gasteiger charge is 1.73. The van der Waals surface area contributed by atoms with Gasteiger partial charge in [0.15, 0.2) is 6.20 Å². The summed E-state index contributed by atoms with van der Waals surface area (Å²) in [5.74, 6) is 0. The van der Waals surface area contributed by atoms with Gasteiger partial charge >= 0.3 is 0 Å². The number of hydrogen-bond acceptors (Lipinski definition) is 0. The molecule has 0 radical (unpaired) electrons. The normalized spacial score (nSPS) is 10.0. The van der Waals surface area contributed by atoms with Crippen LogP contribution in [-0.2, 0) is 0 Å². The molecule has 0 aliphatic heterocycles. The molecular weight excluding hydrogens is 86.1 g/mol. The van der Waals surface area contributed by atoms with E-state index in [0.717, 1.165) is 6.42 Å². The molecule has 0 N–H and O–H groups in total. The lowest BCUT2D eigenvalue weighted by atomic mass is 10.5. The Morgan fingerprint density at radius 2 is 2.29 bits per heavy atom. The second-order valence-electron chi connectivity index (χ2n) is 1.55. The van der Waals surface area contributed by atoms with Crippen molar-refractivity contribution in [3.05, 3.63) is 12.3 Å². The van der Waals surface area contributed by atoms with Crippen molar-refractivity contribution in [3.8, 4) is 0 Å². The van der Waals surface area contributed by atoms with Gasteiger partial charge in [0.05, 0.1) is 0 Å². The van der Waals surface area contributed by atoms with E-state index in [0.29, 0.717) is 0 Å². The summed E-state index contributed by atoms with van der Waals surface area (Å²) < 4.78 is 1.78. The van der Waals surface area contributed by atoms with E-state index < -0.39 is 0 Å². The average molecular weight is 98.2 g/mol. The third-order valence-electron chi connectivity index (χ3n) is 0.596. The molecular formula is C6H12N+. The molecule has 0 saturated carbocycles. The molecule has 0 unspecified atom stereocenters. The van der Waals surface area contributed by atoms with E-state index in [9.17, 15) is 0 Å². The highest BCUT2D eigenvalue weighted by molar-refractivity contribution is 5.15. The molecule has 0 spiro atoms. The molecule has 40 valence electrons. The Hall–Kier alpha value is -0.590. The van der Waals surface area contributed by atoms with Crippen molar-refractivity contribution >= 4 is 6.72 Å². The Kier molecular flexibility index (Phi) is 3.29. The minimum Gasteiger partial charge on any atom is -0.215 e. The topological polar surface area (TPSA) is 3.01 Å². The minimum atomic E-state index is 1.08. The van der Waals surface area contributed by atoms with Crippen LogP contribution >= 0.6 is 0 Å². The maximum absolute atomic E-state index is 3.62. The van der Waals surface area contributed by atoms with E-state index >= 15 is 0 Å². The first-order valence-corrected chi connectivity index (χ1v) is 2.47. The Bertz CT molecular complexity index is 82.2. The molecule has 0 fully saturated rings. The Labute approximate surface area is 45.0 Å². The Morgan fingerprint density at radius 3 is 2.43 bits per heavy atom. The van der Waals surface area contributed by atoms with Gasteiger partial charge in [-0.25, -0.2) is 4.58 Å². The zero-order valence-electron chi connectivity index (χ0n) is 5.02. The third-order valence-corrected chi connectivity index (χ3v) is 0.596. The van der Waals surface area contributed by atoms with Crippen molar-refractivity contribution < 1.29 is 4.58 Å². The van der Waals surface area contributed by atoms with Gasteiger partial charge in [0.1, 0.15) is 13.8 Å². The van der Waals surface area contributed by atoms with Gasteiger partial charge in [-0.3, -0.25) is 0 Å². The molecule has 1 nitrogen and oxygen atoms in total. The largest absolute Gasteiger partial charge is 0.215 e. The quantitative estimate of drug-likeness (QED) is 0.361. The maximum atomic E-state index is 3.62. The molecule has 0 rings (SSSR count). The molecule has 0 bridgehead atoms. The molecule has 0 saturated heterocycles. The van der Waals surface area contributed by atoms with Crippen molar-refractivity contribution in [1.29, 1.82) is 0 Å². The van der Waals surface area contributed by atoms with Crippen molar-refractivity contribution in [2.75, 3.05) is 7.05 Å².